The van der Waals surface area contributed by atoms with Gasteiger partial charge in [0.15, 0.2) is 0 Å². The van der Waals surface area contributed by atoms with Crippen molar-refractivity contribution in [1.29, 1.82) is 0 Å². The van der Waals surface area contributed by atoms with Crippen LogP contribution in [-0.4, -0.2) is 17.2 Å². The van der Waals surface area contributed by atoms with Crippen LogP contribution in [0.25, 0.3) is 99.1 Å². The fraction of sp³-hybridized carbons (Fsp3) is 0.122. The van der Waals surface area contributed by atoms with Gasteiger partial charge in [0.2, 0.25) is 0 Å². The summed E-state index contributed by atoms with van der Waals surface area (Å²) in [5, 5.41) is 26.5. The van der Waals surface area contributed by atoms with E-state index in [0.29, 0.717) is 29.1 Å². The molecule has 0 bridgehead atoms. The van der Waals surface area contributed by atoms with E-state index in [4.69, 9.17) is 0 Å². The van der Waals surface area contributed by atoms with Crippen LogP contribution in [0.3, 0.4) is 0 Å². The van der Waals surface area contributed by atoms with Crippen molar-refractivity contribution >= 4 is 72.0 Å². The molecule has 0 aromatic heterocycles. The summed E-state index contributed by atoms with van der Waals surface area (Å²) in [4.78, 5) is 0. The zero-order valence-corrected chi connectivity index (χ0v) is 50.1. The molecular weight excluding hydrogens is 1110 g/mol. The average Bonchev–Trinajstić information content (AvgIpc) is 1.96. The molecule has 0 spiro atoms. The third-order valence-electron chi connectivity index (χ3n) is 19.9. The standard InChI is InChI=1S/C41H32.C26H17BO2.C15H13Br/c1-41(2)38-13-6-5-10-33(38)34-19-18-27(24-39(34)41)26-16-14-25-15-17-28(23-29(25)22-26)30-20-21-37-32-9-4-3-8-31(32)36-12-7-11-35(30)40(36)37;28-27(29)19-11-10-16-8-9-17(14-18(16)15-19)20-12-13-25-22-5-2-1-4-21(22)24-7-3-6-23(20)26(24)25;1-15(2)13-6-4-3-5-11(13)12-8-7-10(16)9-14(12)15/h3-25,29,31-32H,1-2H3;1-15,28-29H;3-9H,1-2H3. The fourth-order valence-electron chi connectivity index (χ4n) is 15.6. The maximum Gasteiger partial charge on any atom is 0.488 e. The minimum absolute atomic E-state index is 0.0168. The molecule has 4 atom stereocenters. The predicted molar refractivity (Wildman–Crippen MR) is 366 cm³/mol. The van der Waals surface area contributed by atoms with Crippen molar-refractivity contribution in [3.63, 3.8) is 0 Å². The molecule has 0 saturated carbocycles. The van der Waals surface area contributed by atoms with Gasteiger partial charge in [-0.25, -0.2) is 0 Å². The minimum Gasteiger partial charge on any atom is -0.423 e. The van der Waals surface area contributed by atoms with Crippen LogP contribution in [0, 0.1) is 11.8 Å². The molecule has 4 heteroatoms. The van der Waals surface area contributed by atoms with Crippen molar-refractivity contribution in [2.45, 2.75) is 50.4 Å². The molecule has 412 valence electrons. The minimum atomic E-state index is -1.46. The van der Waals surface area contributed by atoms with E-state index in [0.717, 1.165) is 20.8 Å². The van der Waals surface area contributed by atoms with Crippen LogP contribution in [0.15, 0.2) is 271 Å². The molecule has 2 N–H and O–H groups in total. The van der Waals surface area contributed by atoms with Gasteiger partial charge in [-0.05, 0) is 173 Å². The van der Waals surface area contributed by atoms with Gasteiger partial charge in [-0.1, -0.05) is 286 Å². The van der Waals surface area contributed by atoms with Gasteiger partial charge in [-0.3, -0.25) is 0 Å². The Labute approximate surface area is 512 Å². The first kappa shape index (κ1) is 52.6. The predicted octanol–water partition coefficient (Wildman–Crippen LogP) is 20.0. The van der Waals surface area contributed by atoms with Gasteiger partial charge in [0.05, 0.1) is 0 Å². The second kappa shape index (κ2) is 20.1. The highest BCUT2D eigenvalue weighted by atomic mass is 79.9. The SMILES string of the molecule is CC1(C)c2ccccc2-c2ccc(Br)cc21.CC1(C)c2ccccc2-c2ccc(C3=CC4C=C(c5ccc6c7c(cccc57)C5C=CC=CC65)C=CC4C=C3)cc21.OB(O)c1ccc2ccc(-c3ccc4c5c(cccc35)-c3ccccc3-4)cc2c1. The first-order valence-corrected chi connectivity index (χ1v) is 31.1. The Morgan fingerprint density at radius 3 is 1.60 bits per heavy atom. The lowest BCUT2D eigenvalue weighted by molar-refractivity contribution is 0.426. The molecule has 7 aliphatic carbocycles. The Bertz CT molecular complexity index is 4850. The van der Waals surface area contributed by atoms with Gasteiger partial charge >= 0.3 is 7.12 Å². The monoisotopic (exact) mass is 1170 g/mol. The van der Waals surface area contributed by atoms with Crippen molar-refractivity contribution in [3.8, 4) is 55.6 Å². The number of allylic oxidation sites excluding steroid dienone is 12. The van der Waals surface area contributed by atoms with Gasteiger partial charge < -0.3 is 10.0 Å². The Hall–Kier alpha value is -8.90. The fourth-order valence-corrected chi connectivity index (χ4v) is 16.0. The third-order valence-corrected chi connectivity index (χ3v) is 20.4. The highest BCUT2D eigenvalue weighted by Crippen LogP contribution is 2.54. The lowest BCUT2D eigenvalue weighted by Crippen LogP contribution is -2.29. The Morgan fingerprint density at radius 1 is 0.372 bits per heavy atom. The number of benzene rings is 11. The first-order valence-electron chi connectivity index (χ1n) is 30.3. The highest BCUT2D eigenvalue weighted by Gasteiger charge is 2.38. The summed E-state index contributed by atoms with van der Waals surface area (Å²) in [6, 6.07) is 74.4. The number of hydrogen-bond acceptors (Lipinski definition) is 2. The highest BCUT2D eigenvalue weighted by molar-refractivity contribution is 9.10. The van der Waals surface area contributed by atoms with Gasteiger partial charge in [0.1, 0.15) is 0 Å². The second-order valence-electron chi connectivity index (χ2n) is 25.3. The Balaban J connectivity index is 0.000000115. The topological polar surface area (TPSA) is 40.5 Å². The number of halogens is 1. The van der Waals surface area contributed by atoms with Gasteiger partial charge in [0, 0.05) is 39.0 Å². The molecule has 0 amide bonds. The third kappa shape index (κ3) is 8.29. The second-order valence-corrected chi connectivity index (χ2v) is 26.2. The largest absolute Gasteiger partial charge is 0.488 e. The smallest absolute Gasteiger partial charge is 0.423 e. The van der Waals surface area contributed by atoms with Crippen molar-refractivity contribution in [3.05, 3.63) is 316 Å². The summed E-state index contributed by atoms with van der Waals surface area (Å²) in [6.45, 7) is 9.32. The van der Waals surface area contributed by atoms with Crippen LogP contribution in [0.2, 0.25) is 0 Å². The number of hydrogen-bond donors (Lipinski definition) is 2. The van der Waals surface area contributed by atoms with Crippen LogP contribution in [0.4, 0.5) is 0 Å². The summed E-state index contributed by atoms with van der Waals surface area (Å²) in [7, 11) is -1.46. The van der Waals surface area contributed by atoms with Crippen LogP contribution in [-0.2, 0) is 10.8 Å². The molecule has 0 fully saturated rings. The van der Waals surface area contributed by atoms with Crippen molar-refractivity contribution in [1.82, 2.24) is 0 Å². The quantitative estimate of drug-likeness (QED) is 0.172. The van der Waals surface area contributed by atoms with Gasteiger partial charge in [-0.15, -0.1) is 0 Å². The van der Waals surface area contributed by atoms with Gasteiger partial charge in [-0.2, -0.15) is 0 Å². The molecule has 18 rings (SSSR count). The molecule has 0 aliphatic heterocycles. The summed E-state index contributed by atoms with van der Waals surface area (Å²) in [6.07, 6.45) is 23.7. The maximum atomic E-state index is 9.52. The summed E-state index contributed by atoms with van der Waals surface area (Å²) in [5.74, 6) is 1.69. The summed E-state index contributed by atoms with van der Waals surface area (Å²) in [5.41, 5.74) is 27.7. The molecular formula is C82H62BBrO2. The molecule has 11 aromatic rings. The Kier molecular flexibility index (Phi) is 12.3. The van der Waals surface area contributed by atoms with E-state index in [-0.39, 0.29) is 10.8 Å². The molecule has 11 aromatic carbocycles. The lowest BCUT2D eigenvalue weighted by Gasteiger charge is -2.27. The van der Waals surface area contributed by atoms with E-state index in [2.05, 4.69) is 292 Å². The first-order chi connectivity index (χ1) is 41.9. The zero-order valence-electron chi connectivity index (χ0n) is 48.6. The summed E-state index contributed by atoms with van der Waals surface area (Å²) >= 11 is 3.56. The molecule has 0 heterocycles. The maximum absolute atomic E-state index is 9.52. The van der Waals surface area contributed by atoms with Crippen LogP contribution in [0.1, 0.15) is 84.0 Å². The molecule has 7 aliphatic rings. The van der Waals surface area contributed by atoms with Crippen LogP contribution < -0.4 is 5.46 Å². The van der Waals surface area contributed by atoms with Crippen molar-refractivity contribution in [2.75, 3.05) is 0 Å². The summed E-state index contributed by atoms with van der Waals surface area (Å²) < 4.78 is 1.16. The average molecular weight is 1170 g/mol. The van der Waals surface area contributed by atoms with Crippen LogP contribution in [0.5, 0.6) is 0 Å². The zero-order chi connectivity index (χ0) is 58.2. The van der Waals surface area contributed by atoms with E-state index in [1.165, 1.54) is 127 Å². The van der Waals surface area contributed by atoms with E-state index < -0.39 is 7.12 Å². The lowest BCUT2D eigenvalue weighted by atomic mass is 9.77. The van der Waals surface area contributed by atoms with Crippen LogP contribution >= 0.6 is 15.9 Å². The molecule has 4 unspecified atom stereocenters. The molecule has 2 nitrogen and oxygen atoms in total. The molecule has 86 heavy (non-hydrogen) atoms. The number of fused-ring (bicyclic) bond motifs is 14. The van der Waals surface area contributed by atoms with Crippen molar-refractivity contribution < 1.29 is 10.0 Å². The van der Waals surface area contributed by atoms with E-state index in [1.807, 2.05) is 12.1 Å². The molecule has 0 saturated heterocycles. The van der Waals surface area contributed by atoms with E-state index in [1.54, 1.807) is 6.07 Å². The van der Waals surface area contributed by atoms with Crippen molar-refractivity contribution in [2.24, 2.45) is 11.8 Å². The van der Waals surface area contributed by atoms with Gasteiger partial charge in [0.25, 0.3) is 0 Å². The molecule has 0 radical (unpaired) electrons. The van der Waals surface area contributed by atoms with E-state index in [9.17, 15) is 10.0 Å². The van der Waals surface area contributed by atoms with E-state index >= 15 is 0 Å². The Morgan fingerprint density at radius 2 is 0.895 bits per heavy atom. The normalized spacial score (nSPS) is 19.0. The number of rotatable bonds is 4.